The van der Waals surface area contributed by atoms with Crippen LogP contribution in [0.25, 0.3) is 10.1 Å². The number of primary amides is 1. The molecule has 2 rings (SSSR count). The average Bonchev–Trinajstić information content (AvgIpc) is 2.44. The maximum Gasteiger partial charge on any atom is 0.317 e. The Hall–Kier alpha value is -1.55. The van der Waals surface area contributed by atoms with E-state index in [1.165, 1.54) is 11.3 Å². The van der Waals surface area contributed by atoms with Crippen molar-refractivity contribution in [3.8, 4) is 0 Å². The van der Waals surface area contributed by atoms with Crippen LogP contribution in [0.1, 0.15) is 0 Å². The van der Waals surface area contributed by atoms with Crippen LogP contribution >= 0.6 is 11.3 Å². The molecule has 0 saturated heterocycles. The number of thiophene rings is 1. The van der Waals surface area contributed by atoms with Crippen LogP contribution in [0.15, 0.2) is 30.3 Å². The standard InChI is InChI=1S/C9H8N2OS/c10-9(12)11-8-5-6-3-1-2-4-7(6)13-8/h1-5H,(H3,10,11,12). The predicted molar refractivity (Wildman–Crippen MR) is 55.0 cm³/mol. The Bertz CT molecular complexity index is 417. The highest BCUT2D eigenvalue weighted by atomic mass is 32.1. The molecule has 1 aromatic carbocycles. The number of benzene rings is 1. The molecular formula is C9H8N2OS. The highest BCUT2D eigenvalue weighted by Crippen LogP contribution is 2.28. The van der Waals surface area contributed by atoms with Crippen LogP contribution in [0.3, 0.4) is 0 Å². The van der Waals surface area contributed by atoms with Gasteiger partial charge in [0.15, 0.2) is 0 Å². The molecule has 1 heterocycles. The van der Waals surface area contributed by atoms with Gasteiger partial charge >= 0.3 is 6.03 Å². The maximum absolute atomic E-state index is 10.6. The van der Waals surface area contributed by atoms with Gasteiger partial charge in [0.25, 0.3) is 0 Å². The zero-order valence-corrected chi connectivity index (χ0v) is 7.60. The van der Waals surface area contributed by atoms with Crippen molar-refractivity contribution in [1.82, 2.24) is 0 Å². The maximum atomic E-state index is 10.6. The fraction of sp³-hybridized carbons (Fsp3) is 0. The Morgan fingerprint density at radius 1 is 1.38 bits per heavy atom. The predicted octanol–water partition coefficient (Wildman–Crippen LogP) is 2.39. The van der Waals surface area contributed by atoms with Crippen molar-refractivity contribution in [3.63, 3.8) is 0 Å². The first-order chi connectivity index (χ1) is 6.25. The number of nitrogens with one attached hydrogen (secondary N) is 1. The summed E-state index contributed by atoms with van der Waals surface area (Å²) < 4.78 is 1.14. The van der Waals surface area contributed by atoms with E-state index in [-0.39, 0.29) is 0 Å². The van der Waals surface area contributed by atoms with Gasteiger partial charge in [0.2, 0.25) is 0 Å². The van der Waals surface area contributed by atoms with E-state index in [0.29, 0.717) is 0 Å². The van der Waals surface area contributed by atoms with Crippen LogP contribution in [-0.2, 0) is 0 Å². The molecule has 3 nitrogen and oxygen atoms in total. The first kappa shape index (κ1) is 8.07. The number of nitrogens with two attached hydrogens (primary N) is 1. The highest BCUT2D eigenvalue weighted by Gasteiger charge is 2.01. The van der Waals surface area contributed by atoms with E-state index < -0.39 is 6.03 Å². The molecule has 0 saturated carbocycles. The molecule has 0 radical (unpaired) electrons. The van der Waals surface area contributed by atoms with E-state index in [4.69, 9.17) is 5.73 Å². The van der Waals surface area contributed by atoms with E-state index in [1.54, 1.807) is 0 Å². The third-order valence-corrected chi connectivity index (χ3v) is 2.70. The van der Waals surface area contributed by atoms with Crippen molar-refractivity contribution in [3.05, 3.63) is 30.3 Å². The number of hydrogen-bond acceptors (Lipinski definition) is 2. The topological polar surface area (TPSA) is 55.1 Å². The number of fused-ring (bicyclic) bond motifs is 1. The summed E-state index contributed by atoms with van der Waals surface area (Å²) >= 11 is 1.51. The molecule has 66 valence electrons. The second-order valence-electron chi connectivity index (χ2n) is 2.64. The number of carbonyl (C=O) groups is 1. The number of anilines is 1. The fourth-order valence-electron chi connectivity index (χ4n) is 1.16. The van der Waals surface area contributed by atoms with Crippen LogP contribution in [0.4, 0.5) is 9.80 Å². The van der Waals surface area contributed by atoms with Crippen LogP contribution in [0, 0.1) is 0 Å². The van der Waals surface area contributed by atoms with Gasteiger partial charge in [0, 0.05) is 4.70 Å². The molecule has 1 aromatic heterocycles. The third-order valence-electron chi connectivity index (χ3n) is 1.67. The molecule has 0 aliphatic carbocycles. The summed E-state index contributed by atoms with van der Waals surface area (Å²) in [5, 5.41) is 4.46. The van der Waals surface area contributed by atoms with E-state index >= 15 is 0 Å². The monoisotopic (exact) mass is 192 g/mol. The third kappa shape index (κ3) is 1.62. The molecule has 0 fully saturated rings. The molecule has 3 N–H and O–H groups in total. The number of carbonyl (C=O) groups excluding carboxylic acids is 1. The Balaban J connectivity index is 2.44. The van der Waals surface area contributed by atoms with Crippen molar-refractivity contribution < 1.29 is 4.79 Å². The second kappa shape index (κ2) is 3.06. The molecule has 0 unspecified atom stereocenters. The minimum Gasteiger partial charge on any atom is -0.351 e. The largest absolute Gasteiger partial charge is 0.351 e. The van der Waals surface area contributed by atoms with Gasteiger partial charge in [0.05, 0.1) is 5.00 Å². The molecule has 2 aromatic rings. The highest BCUT2D eigenvalue weighted by molar-refractivity contribution is 7.22. The number of rotatable bonds is 1. The van der Waals surface area contributed by atoms with Crippen molar-refractivity contribution >= 4 is 32.5 Å². The van der Waals surface area contributed by atoms with Crippen LogP contribution in [-0.4, -0.2) is 6.03 Å². The summed E-state index contributed by atoms with van der Waals surface area (Å²) in [7, 11) is 0. The van der Waals surface area contributed by atoms with Gasteiger partial charge in [-0.3, -0.25) is 5.32 Å². The summed E-state index contributed by atoms with van der Waals surface area (Å²) in [5.41, 5.74) is 5.00. The van der Waals surface area contributed by atoms with Crippen molar-refractivity contribution in [2.45, 2.75) is 0 Å². The summed E-state index contributed by atoms with van der Waals surface area (Å²) in [6, 6.07) is 9.32. The Labute approximate surface area is 79.2 Å². The normalized spacial score (nSPS) is 10.2. The van der Waals surface area contributed by atoms with Gasteiger partial charge in [-0.05, 0) is 17.5 Å². The van der Waals surface area contributed by atoms with Crippen LogP contribution < -0.4 is 11.1 Å². The molecule has 4 heteroatoms. The van der Waals surface area contributed by atoms with Crippen LogP contribution in [0.2, 0.25) is 0 Å². The van der Waals surface area contributed by atoms with E-state index in [9.17, 15) is 4.79 Å². The molecule has 0 atom stereocenters. The molecule has 0 aliphatic heterocycles. The SMILES string of the molecule is NC(=O)Nc1cc2ccccc2s1. The summed E-state index contributed by atoms with van der Waals surface area (Å²) in [5.74, 6) is 0. The van der Waals surface area contributed by atoms with Gasteiger partial charge in [0.1, 0.15) is 0 Å². The first-order valence-electron chi connectivity index (χ1n) is 3.81. The quantitative estimate of drug-likeness (QED) is 0.716. The smallest absolute Gasteiger partial charge is 0.317 e. The Morgan fingerprint density at radius 2 is 2.15 bits per heavy atom. The minimum atomic E-state index is -0.522. The van der Waals surface area contributed by atoms with E-state index in [0.717, 1.165) is 15.1 Å². The van der Waals surface area contributed by atoms with Gasteiger partial charge in [-0.15, -0.1) is 11.3 Å². The lowest BCUT2D eigenvalue weighted by Crippen LogP contribution is -2.18. The zero-order valence-electron chi connectivity index (χ0n) is 6.78. The molecule has 0 aliphatic rings. The second-order valence-corrected chi connectivity index (χ2v) is 3.72. The van der Waals surface area contributed by atoms with Crippen molar-refractivity contribution in [2.24, 2.45) is 5.73 Å². The molecule has 2 amide bonds. The zero-order chi connectivity index (χ0) is 9.26. The minimum absolute atomic E-state index is 0.522. The Kier molecular flexibility index (Phi) is 1.90. The Morgan fingerprint density at radius 3 is 2.85 bits per heavy atom. The first-order valence-corrected chi connectivity index (χ1v) is 4.62. The summed E-state index contributed by atoms with van der Waals surface area (Å²) in [4.78, 5) is 10.6. The molecule has 0 spiro atoms. The molecular weight excluding hydrogens is 184 g/mol. The molecule has 0 bridgehead atoms. The average molecular weight is 192 g/mol. The van der Waals surface area contributed by atoms with Crippen molar-refractivity contribution in [1.29, 1.82) is 0 Å². The van der Waals surface area contributed by atoms with Gasteiger partial charge < -0.3 is 5.73 Å². The lowest BCUT2D eigenvalue weighted by Gasteiger charge is -1.92. The number of urea groups is 1. The lowest BCUT2D eigenvalue weighted by molar-refractivity contribution is 0.259. The van der Waals surface area contributed by atoms with E-state index in [1.807, 2.05) is 30.3 Å². The van der Waals surface area contributed by atoms with Gasteiger partial charge in [-0.1, -0.05) is 18.2 Å². The van der Waals surface area contributed by atoms with Gasteiger partial charge in [-0.25, -0.2) is 4.79 Å². The fourth-order valence-corrected chi connectivity index (χ4v) is 2.13. The summed E-state index contributed by atoms with van der Waals surface area (Å²) in [6.45, 7) is 0. The van der Waals surface area contributed by atoms with Crippen LogP contribution in [0.5, 0.6) is 0 Å². The van der Waals surface area contributed by atoms with E-state index in [2.05, 4.69) is 5.32 Å². The number of hydrogen-bond donors (Lipinski definition) is 2. The summed E-state index contributed by atoms with van der Waals surface area (Å²) in [6.07, 6.45) is 0. The van der Waals surface area contributed by atoms with Crippen molar-refractivity contribution in [2.75, 3.05) is 5.32 Å². The lowest BCUT2D eigenvalue weighted by atomic mass is 10.3. The number of amides is 2. The molecule has 13 heavy (non-hydrogen) atoms. The van der Waals surface area contributed by atoms with Gasteiger partial charge in [-0.2, -0.15) is 0 Å².